The zero-order valence-electron chi connectivity index (χ0n) is 14.6. The topological polar surface area (TPSA) is 25.2 Å². The fourth-order valence-corrected chi connectivity index (χ4v) is 3.86. The Morgan fingerprint density at radius 2 is 1.75 bits per heavy atom. The highest BCUT2D eigenvalue weighted by Crippen LogP contribution is 2.45. The van der Waals surface area contributed by atoms with Crippen molar-refractivity contribution >= 4 is 16.8 Å². The van der Waals surface area contributed by atoms with Gasteiger partial charge in [0.1, 0.15) is 0 Å². The number of aromatic nitrogens is 1. The second-order valence-corrected chi connectivity index (χ2v) is 6.75. The van der Waals surface area contributed by atoms with Crippen LogP contribution in [-0.4, -0.2) is 29.5 Å². The minimum Gasteiger partial charge on any atom is -0.303 e. The van der Waals surface area contributed by atoms with Gasteiger partial charge in [-0.3, -0.25) is 9.36 Å². The highest BCUT2D eigenvalue weighted by atomic mass is 16.2. The summed E-state index contributed by atoms with van der Waals surface area (Å²) in [6.45, 7) is 4.36. The molecule has 0 aliphatic carbocycles. The van der Waals surface area contributed by atoms with E-state index in [1.165, 1.54) is 16.5 Å². The van der Waals surface area contributed by atoms with Crippen LogP contribution < -0.4 is 0 Å². The maximum atomic E-state index is 13.1. The van der Waals surface area contributed by atoms with Gasteiger partial charge in [0.05, 0.1) is 11.2 Å². The molecule has 2 aromatic carbocycles. The molecule has 3 heteroatoms. The van der Waals surface area contributed by atoms with E-state index < -0.39 is 0 Å². The van der Waals surface area contributed by atoms with Crippen LogP contribution in [0.4, 0.5) is 0 Å². The molecule has 1 aromatic heterocycles. The number of nitrogens with zero attached hydrogens (tertiary/aromatic N) is 2. The summed E-state index contributed by atoms with van der Waals surface area (Å²) >= 11 is 0. The van der Waals surface area contributed by atoms with E-state index in [4.69, 9.17) is 0 Å². The van der Waals surface area contributed by atoms with E-state index in [0.29, 0.717) is 0 Å². The van der Waals surface area contributed by atoms with Crippen LogP contribution in [0.25, 0.3) is 22.2 Å². The average Bonchev–Trinajstić information content (AvgIpc) is 3.08. The van der Waals surface area contributed by atoms with Gasteiger partial charge < -0.3 is 4.90 Å². The first-order chi connectivity index (χ1) is 11.6. The predicted molar refractivity (Wildman–Crippen MR) is 98.6 cm³/mol. The molecule has 0 saturated heterocycles. The van der Waals surface area contributed by atoms with E-state index >= 15 is 0 Å². The van der Waals surface area contributed by atoms with Crippen LogP contribution in [0.15, 0.2) is 42.5 Å². The minimum atomic E-state index is 0.101. The van der Waals surface area contributed by atoms with Crippen LogP contribution in [0.2, 0.25) is 0 Å². The van der Waals surface area contributed by atoms with E-state index in [0.717, 1.165) is 28.8 Å². The minimum absolute atomic E-state index is 0.101. The van der Waals surface area contributed by atoms with E-state index in [-0.39, 0.29) is 11.9 Å². The molecule has 0 N–H and O–H groups in total. The molecule has 4 rings (SSSR count). The summed E-state index contributed by atoms with van der Waals surface area (Å²) in [4.78, 5) is 15.3. The maximum absolute atomic E-state index is 13.1. The van der Waals surface area contributed by atoms with Crippen molar-refractivity contribution in [2.75, 3.05) is 14.1 Å². The summed E-state index contributed by atoms with van der Waals surface area (Å²) < 4.78 is 1.95. The Morgan fingerprint density at radius 3 is 2.42 bits per heavy atom. The van der Waals surface area contributed by atoms with Crippen LogP contribution in [-0.2, 0) is 6.42 Å². The van der Waals surface area contributed by atoms with E-state index in [9.17, 15) is 4.79 Å². The molecule has 0 spiro atoms. The number of hydrogen-bond acceptors (Lipinski definition) is 2. The Labute approximate surface area is 142 Å². The smallest absolute Gasteiger partial charge is 0.263 e. The molecular formula is C21H22N2O. The first-order valence-corrected chi connectivity index (χ1v) is 8.53. The summed E-state index contributed by atoms with van der Waals surface area (Å²) in [6.07, 6.45) is 0.917. The van der Waals surface area contributed by atoms with Crippen molar-refractivity contribution in [2.24, 2.45) is 0 Å². The Bertz CT molecular complexity index is 965. The molecule has 0 amide bonds. The van der Waals surface area contributed by atoms with Gasteiger partial charge in [0, 0.05) is 28.1 Å². The van der Waals surface area contributed by atoms with Gasteiger partial charge in [-0.2, -0.15) is 0 Å². The quantitative estimate of drug-likeness (QED) is 0.556. The van der Waals surface area contributed by atoms with Gasteiger partial charge in [-0.05, 0) is 39.1 Å². The normalized spacial score (nSPS) is 14.3. The second-order valence-electron chi connectivity index (χ2n) is 6.75. The molecule has 3 aromatic rings. The summed E-state index contributed by atoms with van der Waals surface area (Å²) in [5.41, 5.74) is 6.51. The Morgan fingerprint density at radius 1 is 1.04 bits per heavy atom. The molecule has 0 fully saturated rings. The number of aryl methyl sites for hydroxylation is 1. The number of benzene rings is 2. The van der Waals surface area contributed by atoms with Crippen LogP contribution in [0, 0.1) is 0 Å². The SMILES string of the molecule is CCc1cccc2c(C(C)N(C)C)c3n(c12)C(=O)c1ccccc1-3. The van der Waals surface area contributed by atoms with Crippen molar-refractivity contribution < 1.29 is 4.79 Å². The zero-order valence-corrected chi connectivity index (χ0v) is 14.6. The highest BCUT2D eigenvalue weighted by molar-refractivity contribution is 6.16. The highest BCUT2D eigenvalue weighted by Gasteiger charge is 2.34. The van der Waals surface area contributed by atoms with Crippen molar-refractivity contribution in [3.63, 3.8) is 0 Å². The molecule has 1 aliphatic rings. The van der Waals surface area contributed by atoms with Crippen molar-refractivity contribution in [3.05, 3.63) is 59.2 Å². The van der Waals surface area contributed by atoms with Gasteiger partial charge in [0.2, 0.25) is 0 Å². The van der Waals surface area contributed by atoms with Crippen LogP contribution >= 0.6 is 0 Å². The molecule has 1 unspecified atom stereocenters. The van der Waals surface area contributed by atoms with Gasteiger partial charge in [-0.25, -0.2) is 0 Å². The van der Waals surface area contributed by atoms with Crippen molar-refractivity contribution in [1.29, 1.82) is 0 Å². The molecule has 0 radical (unpaired) electrons. The van der Waals surface area contributed by atoms with E-state index in [2.05, 4.69) is 57.1 Å². The number of carbonyl (C=O) groups excluding carboxylic acids is 1. The molecular weight excluding hydrogens is 296 g/mol. The Kier molecular flexibility index (Phi) is 3.36. The second kappa shape index (κ2) is 5.32. The molecule has 0 bridgehead atoms. The van der Waals surface area contributed by atoms with Crippen LogP contribution in [0.3, 0.4) is 0 Å². The summed E-state index contributed by atoms with van der Waals surface area (Å²) in [5.74, 6) is 0.101. The number of carbonyl (C=O) groups is 1. The summed E-state index contributed by atoms with van der Waals surface area (Å²) in [5, 5.41) is 1.20. The van der Waals surface area contributed by atoms with Crippen molar-refractivity contribution in [1.82, 2.24) is 9.47 Å². The number of rotatable bonds is 3. The molecule has 3 nitrogen and oxygen atoms in total. The molecule has 2 heterocycles. The number of fused-ring (bicyclic) bond motifs is 5. The lowest BCUT2D eigenvalue weighted by atomic mass is 9.96. The third kappa shape index (κ3) is 1.85. The number of hydrogen-bond donors (Lipinski definition) is 0. The van der Waals surface area contributed by atoms with Gasteiger partial charge in [-0.15, -0.1) is 0 Å². The number of para-hydroxylation sites is 1. The Balaban J connectivity index is 2.19. The molecule has 122 valence electrons. The summed E-state index contributed by atoms with van der Waals surface area (Å²) in [7, 11) is 4.18. The summed E-state index contributed by atoms with van der Waals surface area (Å²) in [6, 6.07) is 14.6. The maximum Gasteiger partial charge on any atom is 0.263 e. The van der Waals surface area contributed by atoms with Gasteiger partial charge in [-0.1, -0.05) is 43.3 Å². The van der Waals surface area contributed by atoms with Crippen molar-refractivity contribution in [3.8, 4) is 11.3 Å². The average molecular weight is 318 g/mol. The monoisotopic (exact) mass is 318 g/mol. The fraction of sp³-hybridized carbons (Fsp3) is 0.286. The predicted octanol–water partition coefficient (Wildman–Crippen LogP) is 4.50. The van der Waals surface area contributed by atoms with Crippen LogP contribution in [0.5, 0.6) is 0 Å². The Hall–Kier alpha value is -2.39. The largest absolute Gasteiger partial charge is 0.303 e. The molecule has 24 heavy (non-hydrogen) atoms. The lowest BCUT2D eigenvalue weighted by molar-refractivity contribution is 0.0973. The third-order valence-corrected chi connectivity index (χ3v) is 5.30. The van der Waals surface area contributed by atoms with Crippen molar-refractivity contribution in [2.45, 2.75) is 26.3 Å². The van der Waals surface area contributed by atoms with Gasteiger partial charge in [0.15, 0.2) is 0 Å². The lowest BCUT2D eigenvalue weighted by Gasteiger charge is -2.21. The zero-order chi connectivity index (χ0) is 17.0. The first kappa shape index (κ1) is 15.2. The standard InChI is InChI=1S/C21H22N2O/c1-5-14-9-8-12-17-18(13(2)22(3)4)20-15-10-6-7-11-16(15)21(24)23(20)19(14)17/h6-13H,5H2,1-4H3. The van der Waals surface area contributed by atoms with E-state index in [1.54, 1.807) is 0 Å². The molecule has 1 aliphatic heterocycles. The van der Waals surface area contributed by atoms with Gasteiger partial charge in [0.25, 0.3) is 5.91 Å². The third-order valence-electron chi connectivity index (χ3n) is 5.30. The van der Waals surface area contributed by atoms with Gasteiger partial charge >= 0.3 is 0 Å². The van der Waals surface area contributed by atoms with Crippen LogP contribution in [0.1, 0.15) is 41.4 Å². The molecule has 1 atom stereocenters. The fourth-order valence-electron chi connectivity index (χ4n) is 3.86. The first-order valence-electron chi connectivity index (χ1n) is 8.53. The molecule has 0 saturated carbocycles. The lowest BCUT2D eigenvalue weighted by Crippen LogP contribution is -2.17. The van der Waals surface area contributed by atoms with E-state index in [1.807, 2.05) is 22.8 Å².